The highest BCUT2D eigenvalue weighted by Gasteiger charge is 2.07. The lowest BCUT2D eigenvalue weighted by atomic mass is 10.1. The van der Waals surface area contributed by atoms with Crippen molar-refractivity contribution < 1.29 is 9.53 Å². The molecule has 2 aromatic carbocycles. The monoisotopic (exact) mass is 333 g/mol. The average Bonchev–Trinajstić information content (AvgIpc) is 2.48. The van der Waals surface area contributed by atoms with E-state index < -0.39 is 0 Å². The number of hydrogen-bond donors (Lipinski definition) is 1. The number of esters is 1. The van der Waals surface area contributed by atoms with Crippen molar-refractivity contribution >= 4 is 27.6 Å². The number of ether oxygens (including phenoxy) is 1. The fraction of sp³-hybridized carbons (Fsp3) is 0.188. The highest BCUT2D eigenvalue weighted by molar-refractivity contribution is 9.10. The minimum Gasteiger partial charge on any atom is -0.465 e. The van der Waals surface area contributed by atoms with Gasteiger partial charge in [-0.2, -0.15) is 0 Å². The average molecular weight is 334 g/mol. The summed E-state index contributed by atoms with van der Waals surface area (Å²) in [5.74, 6) is -0.322. The van der Waals surface area contributed by atoms with Crippen molar-refractivity contribution in [1.82, 2.24) is 0 Å². The third-order valence-corrected chi connectivity index (χ3v) is 3.59. The number of hydrogen-bond acceptors (Lipinski definition) is 3. The van der Waals surface area contributed by atoms with Gasteiger partial charge in [0, 0.05) is 16.2 Å². The Morgan fingerprint density at radius 1 is 1.10 bits per heavy atom. The van der Waals surface area contributed by atoms with Crippen LogP contribution in [0.2, 0.25) is 0 Å². The van der Waals surface area contributed by atoms with E-state index in [1.807, 2.05) is 24.3 Å². The molecule has 0 aromatic heterocycles. The van der Waals surface area contributed by atoms with Gasteiger partial charge < -0.3 is 10.1 Å². The maximum Gasteiger partial charge on any atom is 0.337 e. The van der Waals surface area contributed by atoms with Crippen LogP contribution in [-0.4, -0.2) is 13.1 Å². The second kappa shape index (κ2) is 6.57. The largest absolute Gasteiger partial charge is 0.465 e. The second-order valence-electron chi connectivity index (χ2n) is 4.49. The van der Waals surface area contributed by atoms with Gasteiger partial charge in [0.25, 0.3) is 0 Å². The zero-order valence-electron chi connectivity index (χ0n) is 11.4. The van der Waals surface area contributed by atoms with E-state index in [9.17, 15) is 4.79 Å². The number of carbonyl (C=O) groups is 1. The Labute approximate surface area is 127 Å². The van der Waals surface area contributed by atoms with Crippen LogP contribution in [0.1, 0.15) is 28.9 Å². The summed E-state index contributed by atoms with van der Waals surface area (Å²) in [6.45, 7) is 2.09. The lowest BCUT2D eigenvalue weighted by Gasteiger charge is -2.16. The molecule has 0 aliphatic rings. The van der Waals surface area contributed by atoms with Crippen LogP contribution in [0.5, 0.6) is 0 Å². The fourth-order valence-corrected chi connectivity index (χ4v) is 2.17. The van der Waals surface area contributed by atoms with Gasteiger partial charge in [0.1, 0.15) is 0 Å². The first-order valence-electron chi connectivity index (χ1n) is 6.30. The summed E-state index contributed by atoms with van der Waals surface area (Å²) < 4.78 is 5.74. The summed E-state index contributed by atoms with van der Waals surface area (Å²) in [6, 6.07) is 15.6. The van der Waals surface area contributed by atoms with Gasteiger partial charge in [0.2, 0.25) is 0 Å². The van der Waals surface area contributed by atoms with E-state index in [2.05, 4.69) is 45.0 Å². The highest BCUT2D eigenvalue weighted by Crippen LogP contribution is 2.21. The predicted molar refractivity (Wildman–Crippen MR) is 84.0 cm³/mol. The number of halogens is 1. The molecule has 0 saturated carbocycles. The Kier molecular flexibility index (Phi) is 4.79. The van der Waals surface area contributed by atoms with Crippen LogP contribution < -0.4 is 5.32 Å². The van der Waals surface area contributed by atoms with Crippen LogP contribution in [0.3, 0.4) is 0 Å². The van der Waals surface area contributed by atoms with E-state index >= 15 is 0 Å². The molecule has 3 nitrogen and oxygen atoms in total. The van der Waals surface area contributed by atoms with Gasteiger partial charge in [0.15, 0.2) is 0 Å². The summed E-state index contributed by atoms with van der Waals surface area (Å²) in [7, 11) is 1.38. The number of nitrogens with one attached hydrogen (secondary N) is 1. The van der Waals surface area contributed by atoms with Gasteiger partial charge in [-0.25, -0.2) is 4.79 Å². The molecule has 2 rings (SSSR count). The number of benzene rings is 2. The molecule has 0 heterocycles. The van der Waals surface area contributed by atoms with Gasteiger partial charge in [-0.05, 0) is 48.9 Å². The van der Waals surface area contributed by atoms with Gasteiger partial charge in [0.05, 0.1) is 12.7 Å². The molecule has 2 aromatic rings. The topological polar surface area (TPSA) is 38.3 Å². The van der Waals surface area contributed by atoms with Crippen molar-refractivity contribution in [2.45, 2.75) is 13.0 Å². The molecular weight excluding hydrogens is 318 g/mol. The van der Waals surface area contributed by atoms with E-state index in [0.717, 1.165) is 10.2 Å². The Morgan fingerprint density at radius 2 is 1.70 bits per heavy atom. The molecule has 0 bridgehead atoms. The van der Waals surface area contributed by atoms with Gasteiger partial charge in [-0.3, -0.25) is 0 Å². The fourth-order valence-electron chi connectivity index (χ4n) is 1.91. The van der Waals surface area contributed by atoms with Crippen LogP contribution in [0.15, 0.2) is 53.0 Å². The standard InChI is InChI=1S/C16H16BrNO2/c1-11(12-3-7-14(17)8-4-12)18-15-9-5-13(6-10-15)16(19)20-2/h3-11,18H,1-2H3. The van der Waals surface area contributed by atoms with E-state index in [1.165, 1.54) is 12.7 Å². The molecule has 1 unspecified atom stereocenters. The SMILES string of the molecule is COC(=O)c1ccc(NC(C)c2ccc(Br)cc2)cc1. The first-order chi connectivity index (χ1) is 9.60. The maximum absolute atomic E-state index is 11.4. The van der Waals surface area contributed by atoms with Gasteiger partial charge in [-0.15, -0.1) is 0 Å². The molecule has 4 heteroatoms. The molecule has 104 valence electrons. The first-order valence-corrected chi connectivity index (χ1v) is 7.10. The van der Waals surface area contributed by atoms with Crippen LogP contribution in [0.4, 0.5) is 5.69 Å². The molecule has 0 saturated heterocycles. The summed E-state index contributed by atoms with van der Waals surface area (Å²) in [4.78, 5) is 11.4. The molecular formula is C16H16BrNO2. The molecule has 20 heavy (non-hydrogen) atoms. The second-order valence-corrected chi connectivity index (χ2v) is 5.40. The predicted octanol–water partition coefficient (Wildman–Crippen LogP) is 4.41. The minimum atomic E-state index is -0.322. The van der Waals surface area contributed by atoms with Crippen molar-refractivity contribution in [2.24, 2.45) is 0 Å². The third kappa shape index (κ3) is 3.61. The lowest BCUT2D eigenvalue weighted by Crippen LogP contribution is -2.07. The maximum atomic E-state index is 11.4. The van der Waals surface area contributed by atoms with E-state index in [4.69, 9.17) is 0 Å². The van der Waals surface area contributed by atoms with E-state index in [0.29, 0.717) is 5.56 Å². The molecule has 0 aliphatic carbocycles. The summed E-state index contributed by atoms with van der Waals surface area (Å²) in [5.41, 5.74) is 2.72. The minimum absolute atomic E-state index is 0.187. The van der Waals surface area contributed by atoms with Crippen LogP contribution in [-0.2, 0) is 4.74 Å². The molecule has 1 N–H and O–H groups in total. The van der Waals surface area contributed by atoms with E-state index in [-0.39, 0.29) is 12.0 Å². The van der Waals surface area contributed by atoms with Crippen LogP contribution in [0.25, 0.3) is 0 Å². The summed E-state index contributed by atoms with van der Waals surface area (Å²) in [6.07, 6.45) is 0. The molecule has 1 atom stereocenters. The van der Waals surface area contributed by atoms with Crippen LogP contribution in [0, 0.1) is 0 Å². The van der Waals surface area contributed by atoms with Crippen molar-refractivity contribution in [3.8, 4) is 0 Å². The zero-order valence-corrected chi connectivity index (χ0v) is 13.0. The molecule has 0 spiro atoms. The van der Waals surface area contributed by atoms with Crippen molar-refractivity contribution in [3.05, 3.63) is 64.1 Å². The Balaban J connectivity index is 2.06. The number of carbonyl (C=O) groups excluding carboxylic acids is 1. The molecule has 0 amide bonds. The summed E-state index contributed by atoms with van der Waals surface area (Å²) in [5, 5.41) is 3.39. The van der Waals surface area contributed by atoms with Crippen molar-refractivity contribution in [3.63, 3.8) is 0 Å². The quantitative estimate of drug-likeness (QED) is 0.842. The first kappa shape index (κ1) is 14.6. The Hall–Kier alpha value is -1.81. The normalized spacial score (nSPS) is 11.8. The Morgan fingerprint density at radius 3 is 2.25 bits per heavy atom. The molecule has 0 radical (unpaired) electrons. The van der Waals surface area contributed by atoms with Gasteiger partial charge >= 0.3 is 5.97 Å². The molecule has 0 fully saturated rings. The van der Waals surface area contributed by atoms with Crippen LogP contribution >= 0.6 is 15.9 Å². The van der Waals surface area contributed by atoms with Crippen molar-refractivity contribution in [2.75, 3.05) is 12.4 Å². The Bertz CT molecular complexity index is 578. The molecule has 0 aliphatic heterocycles. The van der Waals surface area contributed by atoms with Gasteiger partial charge in [-0.1, -0.05) is 28.1 Å². The summed E-state index contributed by atoms with van der Waals surface area (Å²) >= 11 is 3.43. The number of methoxy groups -OCH3 is 1. The zero-order chi connectivity index (χ0) is 14.5. The smallest absolute Gasteiger partial charge is 0.337 e. The number of anilines is 1. The third-order valence-electron chi connectivity index (χ3n) is 3.06. The van der Waals surface area contributed by atoms with Crippen molar-refractivity contribution in [1.29, 1.82) is 0 Å². The lowest BCUT2D eigenvalue weighted by molar-refractivity contribution is 0.0601. The number of rotatable bonds is 4. The van der Waals surface area contributed by atoms with E-state index in [1.54, 1.807) is 12.1 Å². The highest BCUT2D eigenvalue weighted by atomic mass is 79.9.